The zero-order chi connectivity index (χ0) is 14.0. The van der Waals surface area contributed by atoms with Gasteiger partial charge in [-0.25, -0.2) is 22.2 Å². The normalized spacial score (nSPS) is 11.3. The lowest BCUT2D eigenvalue weighted by Gasteiger charge is -2.08. The van der Waals surface area contributed by atoms with Crippen LogP contribution >= 0.6 is 11.6 Å². The lowest BCUT2D eigenvalue weighted by atomic mass is 10.3. The molecule has 1 aromatic carbocycles. The van der Waals surface area contributed by atoms with Crippen molar-refractivity contribution in [3.63, 3.8) is 0 Å². The van der Waals surface area contributed by atoms with Crippen LogP contribution in [-0.2, 0) is 10.0 Å². The van der Waals surface area contributed by atoms with Gasteiger partial charge in [0.25, 0.3) is 10.0 Å². The zero-order valence-corrected chi connectivity index (χ0v) is 10.8. The lowest BCUT2D eigenvalue weighted by Crippen LogP contribution is -2.15. The van der Waals surface area contributed by atoms with Gasteiger partial charge in [-0.2, -0.15) is 0 Å². The number of pyridine rings is 1. The third-order valence-electron chi connectivity index (χ3n) is 2.14. The van der Waals surface area contributed by atoms with E-state index in [9.17, 15) is 17.2 Å². The van der Waals surface area contributed by atoms with Crippen LogP contribution in [0.1, 0.15) is 0 Å². The fourth-order valence-electron chi connectivity index (χ4n) is 1.34. The Bertz CT molecular complexity index is 722. The Labute approximate surface area is 113 Å². The minimum absolute atomic E-state index is 0.0694. The summed E-state index contributed by atoms with van der Waals surface area (Å²) in [5.74, 6) is -2.01. The molecular weight excluding hydrogens is 298 g/mol. The molecule has 0 spiro atoms. The third kappa shape index (κ3) is 3.18. The van der Waals surface area contributed by atoms with E-state index in [1.807, 2.05) is 4.72 Å². The molecule has 2 aromatic rings. The molecule has 0 unspecified atom stereocenters. The molecule has 1 aromatic heterocycles. The summed E-state index contributed by atoms with van der Waals surface area (Å²) in [6.45, 7) is 0. The Balaban J connectivity index is 2.40. The van der Waals surface area contributed by atoms with Crippen LogP contribution in [0.25, 0.3) is 0 Å². The maximum Gasteiger partial charge on any atom is 0.266 e. The van der Waals surface area contributed by atoms with Gasteiger partial charge in [-0.3, -0.25) is 4.72 Å². The highest BCUT2D eigenvalue weighted by molar-refractivity contribution is 7.92. The van der Waals surface area contributed by atoms with Crippen LogP contribution in [-0.4, -0.2) is 13.4 Å². The van der Waals surface area contributed by atoms with Crippen LogP contribution in [0, 0.1) is 11.6 Å². The highest BCUT2D eigenvalue weighted by Crippen LogP contribution is 2.19. The molecule has 0 saturated heterocycles. The number of rotatable bonds is 3. The van der Waals surface area contributed by atoms with Crippen molar-refractivity contribution in [1.29, 1.82) is 0 Å². The van der Waals surface area contributed by atoms with Gasteiger partial charge in [0.2, 0.25) is 0 Å². The molecule has 0 radical (unpaired) electrons. The summed E-state index contributed by atoms with van der Waals surface area (Å²) >= 11 is 5.60. The monoisotopic (exact) mass is 304 g/mol. The predicted octanol–water partition coefficient (Wildman–Crippen LogP) is 2.81. The summed E-state index contributed by atoms with van der Waals surface area (Å²) in [7, 11) is -4.27. The van der Waals surface area contributed by atoms with Crippen molar-refractivity contribution >= 4 is 27.4 Å². The minimum Gasteiger partial charge on any atom is -0.263 e. The molecule has 19 heavy (non-hydrogen) atoms. The van der Waals surface area contributed by atoms with Gasteiger partial charge >= 0.3 is 0 Å². The molecule has 1 heterocycles. The van der Waals surface area contributed by atoms with Gasteiger partial charge in [-0.1, -0.05) is 17.7 Å². The first kappa shape index (κ1) is 13.7. The summed E-state index contributed by atoms with van der Waals surface area (Å²) < 4.78 is 52.2. The average molecular weight is 305 g/mol. The first-order chi connectivity index (χ1) is 8.88. The van der Waals surface area contributed by atoms with Crippen LogP contribution in [0.5, 0.6) is 0 Å². The summed E-state index contributed by atoms with van der Waals surface area (Å²) in [6, 6.07) is 6.39. The summed E-state index contributed by atoms with van der Waals surface area (Å²) in [5.41, 5.74) is 0. The van der Waals surface area contributed by atoms with E-state index < -0.39 is 26.6 Å². The Morgan fingerprint density at radius 1 is 1.16 bits per heavy atom. The van der Waals surface area contributed by atoms with Gasteiger partial charge in [-0.15, -0.1) is 0 Å². The Kier molecular flexibility index (Phi) is 3.68. The smallest absolute Gasteiger partial charge is 0.263 e. The molecule has 8 heteroatoms. The van der Waals surface area contributed by atoms with Crippen LogP contribution in [0.2, 0.25) is 5.15 Å². The molecule has 100 valence electrons. The second-order valence-electron chi connectivity index (χ2n) is 3.53. The molecule has 0 bridgehead atoms. The fourth-order valence-corrected chi connectivity index (χ4v) is 2.60. The van der Waals surface area contributed by atoms with Crippen molar-refractivity contribution < 1.29 is 17.2 Å². The average Bonchev–Trinajstić information content (AvgIpc) is 2.31. The summed E-state index contributed by atoms with van der Waals surface area (Å²) in [4.78, 5) is 2.90. The van der Waals surface area contributed by atoms with Crippen LogP contribution in [0.4, 0.5) is 14.6 Å². The number of hydrogen-bond donors (Lipinski definition) is 1. The van der Waals surface area contributed by atoms with Crippen molar-refractivity contribution in [1.82, 2.24) is 4.98 Å². The molecule has 0 aliphatic heterocycles. The predicted molar refractivity (Wildman–Crippen MR) is 66.4 cm³/mol. The van der Waals surface area contributed by atoms with Crippen LogP contribution in [0.3, 0.4) is 0 Å². The van der Waals surface area contributed by atoms with Crippen LogP contribution < -0.4 is 4.72 Å². The quantitative estimate of drug-likeness (QED) is 0.887. The van der Waals surface area contributed by atoms with Crippen molar-refractivity contribution in [3.05, 3.63) is 53.2 Å². The van der Waals surface area contributed by atoms with Crippen molar-refractivity contribution in [3.8, 4) is 0 Å². The molecular formula is C11H7ClF2N2O2S. The molecule has 0 amide bonds. The Hall–Kier alpha value is -1.73. The zero-order valence-electron chi connectivity index (χ0n) is 9.27. The number of anilines is 1. The van der Waals surface area contributed by atoms with Crippen LogP contribution in [0.15, 0.2) is 41.3 Å². The fraction of sp³-hybridized carbons (Fsp3) is 0. The second-order valence-corrected chi connectivity index (χ2v) is 5.56. The Morgan fingerprint density at radius 3 is 2.58 bits per heavy atom. The summed E-state index contributed by atoms with van der Waals surface area (Å²) in [6.07, 6.45) is 0. The number of sulfonamides is 1. The van der Waals surface area contributed by atoms with E-state index in [-0.39, 0.29) is 11.0 Å². The van der Waals surface area contributed by atoms with E-state index >= 15 is 0 Å². The van der Waals surface area contributed by atoms with E-state index in [1.165, 1.54) is 18.2 Å². The molecule has 0 saturated carbocycles. The molecule has 0 aliphatic carbocycles. The molecule has 2 rings (SSSR count). The SMILES string of the molecule is O=S(=O)(Nc1cccc(Cl)n1)c1cc(F)ccc1F. The largest absolute Gasteiger partial charge is 0.266 e. The van der Waals surface area contributed by atoms with Crippen molar-refractivity contribution in [2.75, 3.05) is 4.72 Å². The van der Waals surface area contributed by atoms with E-state index in [2.05, 4.69) is 4.98 Å². The van der Waals surface area contributed by atoms with Gasteiger partial charge < -0.3 is 0 Å². The number of halogens is 3. The number of nitrogens with one attached hydrogen (secondary N) is 1. The number of nitrogens with zero attached hydrogens (tertiary/aromatic N) is 1. The topological polar surface area (TPSA) is 59.1 Å². The molecule has 0 atom stereocenters. The third-order valence-corrected chi connectivity index (χ3v) is 3.72. The molecule has 4 nitrogen and oxygen atoms in total. The highest BCUT2D eigenvalue weighted by Gasteiger charge is 2.20. The van der Waals surface area contributed by atoms with Gasteiger partial charge in [-0.05, 0) is 30.3 Å². The van der Waals surface area contributed by atoms with Gasteiger partial charge in [0.1, 0.15) is 27.5 Å². The Morgan fingerprint density at radius 2 is 1.89 bits per heavy atom. The second kappa shape index (κ2) is 5.10. The first-order valence-electron chi connectivity index (χ1n) is 4.99. The number of aromatic nitrogens is 1. The highest BCUT2D eigenvalue weighted by atomic mass is 35.5. The molecule has 1 N–H and O–H groups in total. The summed E-state index contributed by atoms with van der Waals surface area (Å²) in [5, 5.41) is 0.0694. The van der Waals surface area contributed by atoms with E-state index in [0.29, 0.717) is 6.07 Å². The van der Waals surface area contributed by atoms with E-state index in [4.69, 9.17) is 11.6 Å². The lowest BCUT2D eigenvalue weighted by molar-refractivity contribution is 0.555. The minimum atomic E-state index is -4.27. The standard InChI is InChI=1S/C11H7ClF2N2O2S/c12-10-2-1-3-11(15-10)16-19(17,18)9-6-7(13)4-5-8(9)14/h1-6H,(H,15,16). The van der Waals surface area contributed by atoms with Crippen molar-refractivity contribution in [2.45, 2.75) is 4.90 Å². The van der Waals surface area contributed by atoms with E-state index in [0.717, 1.165) is 12.1 Å². The van der Waals surface area contributed by atoms with Gasteiger partial charge in [0.15, 0.2) is 0 Å². The van der Waals surface area contributed by atoms with E-state index in [1.54, 1.807) is 0 Å². The molecule has 0 fully saturated rings. The maximum atomic E-state index is 13.4. The number of benzene rings is 1. The number of hydrogen-bond acceptors (Lipinski definition) is 3. The molecule has 0 aliphatic rings. The van der Waals surface area contributed by atoms with Crippen molar-refractivity contribution in [2.24, 2.45) is 0 Å². The van der Waals surface area contributed by atoms with Gasteiger partial charge in [0, 0.05) is 0 Å². The van der Waals surface area contributed by atoms with Gasteiger partial charge in [0.05, 0.1) is 0 Å². The first-order valence-corrected chi connectivity index (χ1v) is 6.85. The maximum absolute atomic E-state index is 13.4.